The van der Waals surface area contributed by atoms with Crippen LogP contribution in [-0.4, -0.2) is 5.91 Å². The highest BCUT2D eigenvalue weighted by Crippen LogP contribution is 2.31. The first-order valence-corrected chi connectivity index (χ1v) is 8.19. The Kier molecular flexibility index (Phi) is 7.21. The number of aryl methyl sites for hydroxylation is 1. The van der Waals surface area contributed by atoms with Gasteiger partial charge in [0.1, 0.15) is 0 Å². The number of benzene rings is 1. The van der Waals surface area contributed by atoms with Gasteiger partial charge >= 0.3 is 0 Å². The number of nitrogens with two attached hydrogens (primary N) is 1. The molecular formula is C18H29ClN2O. The topological polar surface area (TPSA) is 55.1 Å². The number of nitrogen functional groups attached to an aromatic ring is 1. The largest absolute Gasteiger partial charge is 0.399 e. The predicted octanol–water partition coefficient (Wildman–Crippen LogP) is 4.26. The van der Waals surface area contributed by atoms with Crippen LogP contribution in [0.4, 0.5) is 5.69 Å². The summed E-state index contributed by atoms with van der Waals surface area (Å²) >= 11 is 0. The van der Waals surface area contributed by atoms with Crippen LogP contribution >= 0.6 is 12.4 Å². The number of anilines is 1. The Hall–Kier alpha value is -1.22. The fraction of sp³-hybridized carbons (Fsp3) is 0.611. The molecule has 0 saturated carbocycles. The number of nitrogens with one attached hydrogen (secondary N) is 1. The minimum Gasteiger partial charge on any atom is -0.399 e. The van der Waals surface area contributed by atoms with Gasteiger partial charge in [0.2, 0.25) is 5.91 Å². The second-order valence-corrected chi connectivity index (χ2v) is 6.59. The quantitative estimate of drug-likeness (QED) is 0.795. The maximum Gasteiger partial charge on any atom is 0.220 e. The predicted molar refractivity (Wildman–Crippen MR) is 95.2 cm³/mol. The summed E-state index contributed by atoms with van der Waals surface area (Å²) < 4.78 is 0. The van der Waals surface area contributed by atoms with Gasteiger partial charge in [-0.3, -0.25) is 4.79 Å². The molecule has 0 aromatic heterocycles. The minimum absolute atomic E-state index is 0. The Morgan fingerprint density at radius 3 is 2.77 bits per heavy atom. The number of amides is 1. The van der Waals surface area contributed by atoms with Gasteiger partial charge in [-0.1, -0.05) is 33.3 Å². The van der Waals surface area contributed by atoms with Crippen LogP contribution in [0.1, 0.15) is 63.6 Å². The van der Waals surface area contributed by atoms with Crippen molar-refractivity contribution in [2.45, 2.75) is 58.9 Å². The van der Waals surface area contributed by atoms with Crippen molar-refractivity contribution in [3.05, 3.63) is 29.3 Å². The van der Waals surface area contributed by atoms with Crippen LogP contribution in [0.2, 0.25) is 0 Å². The van der Waals surface area contributed by atoms with Crippen molar-refractivity contribution in [1.82, 2.24) is 5.32 Å². The van der Waals surface area contributed by atoms with Gasteiger partial charge in [0.15, 0.2) is 0 Å². The average Bonchev–Trinajstić information content (AvgIpc) is 2.44. The van der Waals surface area contributed by atoms with Crippen LogP contribution in [0.5, 0.6) is 0 Å². The zero-order valence-electron chi connectivity index (χ0n) is 13.9. The van der Waals surface area contributed by atoms with E-state index >= 15 is 0 Å². The van der Waals surface area contributed by atoms with Crippen LogP contribution in [-0.2, 0) is 11.2 Å². The Balaban J connectivity index is 0.00000242. The lowest BCUT2D eigenvalue weighted by Gasteiger charge is -2.28. The van der Waals surface area contributed by atoms with E-state index in [2.05, 4.69) is 38.2 Å². The molecule has 1 aliphatic carbocycles. The molecule has 1 aliphatic rings. The molecule has 1 amide bonds. The fourth-order valence-electron chi connectivity index (χ4n) is 3.33. The Labute approximate surface area is 140 Å². The van der Waals surface area contributed by atoms with Gasteiger partial charge in [-0.15, -0.1) is 12.4 Å². The number of fused-ring (bicyclic) bond motifs is 1. The zero-order valence-corrected chi connectivity index (χ0v) is 14.7. The number of rotatable bonds is 5. The van der Waals surface area contributed by atoms with Crippen molar-refractivity contribution in [1.29, 1.82) is 0 Å². The minimum atomic E-state index is 0. The first kappa shape index (κ1) is 18.8. The first-order chi connectivity index (χ1) is 10.0. The summed E-state index contributed by atoms with van der Waals surface area (Å²) in [5.41, 5.74) is 9.22. The molecule has 0 spiro atoms. The van der Waals surface area contributed by atoms with Gasteiger partial charge in [0.05, 0.1) is 6.04 Å². The van der Waals surface area contributed by atoms with Crippen molar-refractivity contribution in [2.24, 2.45) is 11.8 Å². The first-order valence-electron chi connectivity index (χ1n) is 8.19. The monoisotopic (exact) mass is 324 g/mol. The maximum absolute atomic E-state index is 12.3. The van der Waals surface area contributed by atoms with E-state index in [4.69, 9.17) is 5.73 Å². The molecule has 0 fully saturated rings. The summed E-state index contributed by atoms with van der Waals surface area (Å²) in [6.45, 7) is 6.55. The van der Waals surface area contributed by atoms with Crippen molar-refractivity contribution >= 4 is 24.0 Å². The molecule has 0 bridgehead atoms. The van der Waals surface area contributed by atoms with Crippen molar-refractivity contribution in [2.75, 3.05) is 5.73 Å². The summed E-state index contributed by atoms with van der Waals surface area (Å²) in [5, 5.41) is 3.23. The molecule has 3 N–H and O–H groups in total. The average molecular weight is 325 g/mol. The second kappa shape index (κ2) is 8.42. The third-order valence-electron chi connectivity index (χ3n) is 4.73. The van der Waals surface area contributed by atoms with Crippen LogP contribution in [0, 0.1) is 11.8 Å². The Morgan fingerprint density at radius 1 is 1.41 bits per heavy atom. The van der Waals surface area contributed by atoms with E-state index in [0.29, 0.717) is 18.3 Å². The molecule has 2 atom stereocenters. The molecule has 1 aromatic rings. The lowest BCUT2D eigenvalue weighted by molar-refractivity contribution is -0.123. The molecule has 2 rings (SSSR count). The summed E-state index contributed by atoms with van der Waals surface area (Å²) in [5.74, 6) is 1.21. The summed E-state index contributed by atoms with van der Waals surface area (Å²) in [6.07, 6.45) is 4.90. The molecule has 2 unspecified atom stereocenters. The van der Waals surface area contributed by atoms with E-state index in [1.807, 2.05) is 6.07 Å². The third kappa shape index (κ3) is 4.64. The number of carbonyl (C=O) groups excluding carboxylic acids is 1. The highest BCUT2D eigenvalue weighted by molar-refractivity contribution is 5.85. The van der Waals surface area contributed by atoms with Gasteiger partial charge in [0.25, 0.3) is 0 Å². The lowest BCUT2D eigenvalue weighted by atomic mass is 9.86. The molecule has 0 saturated heterocycles. The summed E-state index contributed by atoms with van der Waals surface area (Å²) in [4.78, 5) is 12.3. The number of hydrogen-bond donors (Lipinski definition) is 2. The van der Waals surface area contributed by atoms with E-state index in [1.54, 1.807) is 0 Å². The highest BCUT2D eigenvalue weighted by atomic mass is 35.5. The molecule has 0 radical (unpaired) electrons. The van der Waals surface area contributed by atoms with E-state index in [0.717, 1.165) is 31.4 Å². The fourth-order valence-corrected chi connectivity index (χ4v) is 3.33. The second-order valence-electron chi connectivity index (χ2n) is 6.59. The molecule has 0 aliphatic heterocycles. The van der Waals surface area contributed by atoms with Crippen LogP contribution < -0.4 is 11.1 Å². The lowest BCUT2D eigenvalue weighted by Crippen LogP contribution is -2.32. The number of halogens is 1. The smallest absolute Gasteiger partial charge is 0.220 e. The molecule has 0 heterocycles. The van der Waals surface area contributed by atoms with Crippen molar-refractivity contribution < 1.29 is 4.79 Å². The van der Waals surface area contributed by atoms with Crippen LogP contribution in [0.15, 0.2) is 18.2 Å². The molecule has 3 nitrogen and oxygen atoms in total. The van der Waals surface area contributed by atoms with Gasteiger partial charge in [-0.2, -0.15) is 0 Å². The van der Waals surface area contributed by atoms with E-state index < -0.39 is 0 Å². The van der Waals surface area contributed by atoms with Crippen molar-refractivity contribution in [3.63, 3.8) is 0 Å². The number of hydrogen-bond acceptors (Lipinski definition) is 2. The van der Waals surface area contributed by atoms with Gasteiger partial charge < -0.3 is 11.1 Å². The van der Waals surface area contributed by atoms with Gasteiger partial charge in [-0.25, -0.2) is 0 Å². The Bertz CT molecular complexity index is 502. The Morgan fingerprint density at radius 2 is 2.14 bits per heavy atom. The summed E-state index contributed by atoms with van der Waals surface area (Å²) in [7, 11) is 0. The van der Waals surface area contributed by atoms with E-state index in [-0.39, 0.29) is 24.4 Å². The van der Waals surface area contributed by atoms with E-state index in [9.17, 15) is 4.79 Å². The van der Waals surface area contributed by atoms with Gasteiger partial charge in [-0.05, 0) is 54.4 Å². The SMILES string of the molecule is CCC(CC(=O)NC1CCCc2cc(N)ccc21)C(C)C.Cl. The van der Waals surface area contributed by atoms with Crippen LogP contribution in [0.3, 0.4) is 0 Å². The normalized spacial score (nSPS) is 18.3. The number of carbonyl (C=O) groups is 1. The zero-order chi connectivity index (χ0) is 15.4. The molecule has 1 aromatic carbocycles. The molecule has 22 heavy (non-hydrogen) atoms. The molecule has 124 valence electrons. The van der Waals surface area contributed by atoms with Crippen molar-refractivity contribution in [3.8, 4) is 0 Å². The van der Waals surface area contributed by atoms with Gasteiger partial charge in [0, 0.05) is 12.1 Å². The third-order valence-corrected chi connectivity index (χ3v) is 4.73. The summed E-state index contributed by atoms with van der Waals surface area (Å²) in [6, 6.07) is 6.23. The molecule has 4 heteroatoms. The maximum atomic E-state index is 12.3. The highest BCUT2D eigenvalue weighted by Gasteiger charge is 2.23. The van der Waals surface area contributed by atoms with Crippen LogP contribution in [0.25, 0.3) is 0 Å². The standard InChI is InChI=1S/C18H28N2O.ClH/c1-4-13(12(2)3)11-18(21)20-17-7-5-6-14-10-15(19)8-9-16(14)17;/h8-10,12-13,17H,4-7,11,19H2,1-3H3,(H,20,21);1H. The molecular weight excluding hydrogens is 296 g/mol. The van der Waals surface area contributed by atoms with E-state index in [1.165, 1.54) is 11.1 Å².